The summed E-state index contributed by atoms with van der Waals surface area (Å²) in [5, 5.41) is 4.41. The number of aromatic nitrogens is 3. The molecular formula is C24H29F3N4O2. The molecule has 0 N–H and O–H groups in total. The number of rotatable bonds is 9. The first kappa shape index (κ1) is 25.9. The van der Waals surface area contributed by atoms with Gasteiger partial charge in [0.2, 0.25) is 5.88 Å². The van der Waals surface area contributed by atoms with Crippen LogP contribution in [0.25, 0.3) is 5.57 Å². The van der Waals surface area contributed by atoms with E-state index in [-0.39, 0.29) is 30.0 Å². The van der Waals surface area contributed by atoms with Crippen LogP contribution in [0.1, 0.15) is 39.0 Å². The molecule has 33 heavy (non-hydrogen) atoms. The van der Waals surface area contributed by atoms with Crippen molar-refractivity contribution in [2.24, 2.45) is 7.05 Å². The second kappa shape index (κ2) is 11.0. The highest BCUT2D eigenvalue weighted by atomic mass is 19.4. The molecule has 2 rings (SSSR count). The summed E-state index contributed by atoms with van der Waals surface area (Å²) in [4.78, 5) is 18.6. The molecule has 9 heteroatoms. The normalized spacial score (nSPS) is 13.6. The van der Waals surface area contributed by atoms with Crippen molar-refractivity contribution in [2.45, 2.75) is 39.9 Å². The molecule has 2 aromatic heterocycles. The van der Waals surface area contributed by atoms with E-state index in [1.165, 1.54) is 0 Å². The van der Waals surface area contributed by atoms with Gasteiger partial charge in [0, 0.05) is 43.2 Å². The lowest BCUT2D eigenvalue weighted by molar-refractivity contribution is -0.138. The van der Waals surface area contributed by atoms with Crippen LogP contribution in [-0.4, -0.2) is 44.8 Å². The lowest BCUT2D eigenvalue weighted by Crippen LogP contribution is -2.42. The second-order valence-electron chi connectivity index (χ2n) is 7.58. The molecule has 0 spiro atoms. The van der Waals surface area contributed by atoms with Crippen molar-refractivity contribution in [3.8, 4) is 5.88 Å². The lowest BCUT2D eigenvalue weighted by Gasteiger charge is -2.29. The zero-order valence-electron chi connectivity index (χ0n) is 19.5. The van der Waals surface area contributed by atoms with Gasteiger partial charge in [-0.3, -0.25) is 9.48 Å². The molecule has 0 fully saturated rings. The molecule has 0 aromatic carbocycles. The number of hydrogen-bond donors (Lipinski definition) is 0. The van der Waals surface area contributed by atoms with E-state index < -0.39 is 11.7 Å². The van der Waals surface area contributed by atoms with Crippen molar-refractivity contribution in [1.82, 2.24) is 19.7 Å². The molecule has 2 heterocycles. The smallest absolute Gasteiger partial charge is 0.417 e. The van der Waals surface area contributed by atoms with Crippen LogP contribution in [0.5, 0.6) is 5.88 Å². The quantitative estimate of drug-likeness (QED) is 0.386. The first-order chi connectivity index (χ1) is 15.5. The number of aryl methyl sites for hydroxylation is 1. The van der Waals surface area contributed by atoms with Crippen molar-refractivity contribution < 1.29 is 22.7 Å². The van der Waals surface area contributed by atoms with Crippen molar-refractivity contribution in [3.63, 3.8) is 0 Å². The number of carbonyl (C=O) groups is 1. The predicted molar refractivity (Wildman–Crippen MR) is 121 cm³/mol. The molecule has 0 aliphatic carbocycles. The number of ether oxygens (including phenoxy) is 1. The fourth-order valence-corrected chi connectivity index (χ4v) is 3.06. The molecule has 0 radical (unpaired) electrons. The van der Waals surface area contributed by atoms with Gasteiger partial charge < -0.3 is 9.64 Å². The highest BCUT2D eigenvalue weighted by Gasteiger charge is 2.31. The van der Waals surface area contributed by atoms with Crippen molar-refractivity contribution in [2.75, 3.05) is 13.2 Å². The summed E-state index contributed by atoms with van der Waals surface area (Å²) in [6.07, 6.45) is 1.83. The highest BCUT2D eigenvalue weighted by molar-refractivity contribution is 6.08. The molecule has 1 amide bonds. The largest absolute Gasteiger partial charge is 0.475 e. The van der Waals surface area contributed by atoms with Gasteiger partial charge in [0.15, 0.2) is 0 Å². The molecule has 0 bridgehead atoms. The third kappa shape index (κ3) is 6.81. The molecule has 0 unspecified atom stereocenters. The zero-order valence-corrected chi connectivity index (χ0v) is 19.5. The van der Waals surface area contributed by atoms with Crippen LogP contribution in [0.4, 0.5) is 13.2 Å². The van der Waals surface area contributed by atoms with Crippen molar-refractivity contribution in [3.05, 3.63) is 71.7 Å². The summed E-state index contributed by atoms with van der Waals surface area (Å²) < 4.78 is 45.3. The number of allylic oxidation sites excluding steroid dienone is 3. The van der Waals surface area contributed by atoms with Crippen LogP contribution < -0.4 is 4.74 Å². The number of halogens is 3. The van der Waals surface area contributed by atoms with Crippen LogP contribution in [0.15, 0.2) is 60.5 Å². The van der Waals surface area contributed by atoms with Crippen LogP contribution in [0.3, 0.4) is 0 Å². The molecule has 0 aliphatic rings. The number of likely N-dealkylation sites (N-methyl/N-ethyl adjacent to an activating group) is 1. The topological polar surface area (TPSA) is 60.3 Å². The summed E-state index contributed by atoms with van der Waals surface area (Å²) in [5.74, 6) is -0.232. The molecule has 178 valence electrons. The second-order valence-corrected chi connectivity index (χ2v) is 7.58. The van der Waals surface area contributed by atoms with E-state index in [0.717, 1.165) is 23.9 Å². The van der Waals surface area contributed by atoms with E-state index in [9.17, 15) is 18.0 Å². The molecule has 6 nitrogen and oxygen atoms in total. The molecule has 0 aliphatic heterocycles. The average Bonchev–Trinajstić information content (AvgIpc) is 3.21. The number of nitrogens with zero attached hydrogens (tertiary/aromatic N) is 4. The molecule has 1 atom stereocenters. The van der Waals surface area contributed by atoms with Crippen molar-refractivity contribution >= 4 is 11.5 Å². The molecule has 0 saturated carbocycles. The minimum Gasteiger partial charge on any atom is -0.475 e. The Hall–Kier alpha value is -3.36. The number of hydrogen-bond acceptors (Lipinski definition) is 4. The monoisotopic (exact) mass is 462 g/mol. The van der Waals surface area contributed by atoms with E-state index in [2.05, 4.69) is 16.7 Å². The number of carbonyl (C=O) groups excluding carboxylic acids is 1. The predicted octanol–water partition coefficient (Wildman–Crippen LogP) is 5.06. The Kier molecular flexibility index (Phi) is 8.62. The maximum Gasteiger partial charge on any atom is 0.417 e. The number of amides is 1. The minimum atomic E-state index is -4.46. The zero-order chi connectivity index (χ0) is 24.8. The third-order valence-electron chi connectivity index (χ3n) is 5.07. The van der Waals surface area contributed by atoms with Gasteiger partial charge in [-0.1, -0.05) is 18.2 Å². The van der Waals surface area contributed by atoms with Gasteiger partial charge in [-0.15, -0.1) is 0 Å². The molecular weight excluding hydrogens is 433 g/mol. The van der Waals surface area contributed by atoms with Gasteiger partial charge >= 0.3 is 6.18 Å². The van der Waals surface area contributed by atoms with Crippen LogP contribution in [-0.2, 0) is 18.0 Å². The van der Waals surface area contributed by atoms with E-state index >= 15 is 0 Å². The van der Waals surface area contributed by atoms with Gasteiger partial charge in [0.1, 0.15) is 6.61 Å². The highest BCUT2D eigenvalue weighted by Crippen LogP contribution is 2.29. The Labute approximate surface area is 192 Å². The summed E-state index contributed by atoms with van der Waals surface area (Å²) in [6, 6.07) is 3.50. The number of alkyl halides is 3. The van der Waals surface area contributed by atoms with Crippen LogP contribution in [0, 0.1) is 0 Å². The van der Waals surface area contributed by atoms with Crippen LogP contribution in [0.2, 0.25) is 0 Å². The van der Waals surface area contributed by atoms with E-state index in [0.29, 0.717) is 17.8 Å². The van der Waals surface area contributed by atoms with Gasteiger partial charge in [-0.2, -0.15) is 18.3 Å². The standard InChI is InChI=1S/C24H29F3N4O2/c1-7-16(3)13-20(21-11-12-30(6)29-21)18(5)23(32)31(8-2)17(4)15-33-22-10-9-19(14-28-22)24(25,26)27/h7,9-14,17H,5,8,15H2,1-4,6H3/b16-7-,20-13+/t17-/m0/s1. The Bertz CT molecular complexity index is 1040. The average molecular weight is 463 g/mol. The summed E-state index contributed by atoms with van der Waals surface area (Å²) in [6.45, 7) is 11.9. The summed E-state index contributed by atoms with van der Waals surface area (Å²) in [7, 11) is 1.79. The van der Waals surface area contributed by atoms with E-state index in [4.69, 9.17) is 4.74 Å². The maximum absolute atomic E-state index is 13.3. The number of pyridine rings is 1. The fraction of sp³-hybridized carbons (Fsp3) is 0.375. The van der Waals surface area contributed by atoms with Gasteiger partial charge in [-0.25, -0.2) is 4.98 Å². The van der Waals surface area contributed by atoms with Crippen LogP contribution >= 0.6 is 0 Å². The van der Waals surface area contributed by atoms with Gasteiger partial charge in [0.25, 0.3) is 5.91 Å². The minimum absolute atomic E-state index is 0.0509. The maximum atomic E-state index is 13.3. The van der Waals surface area contributed by atoms with Crippen molar-refractivity contribution in [1.29, 1.82) is 0 Å². The fourth-order valence-electron chi connectivity index (χ4n) is 3.06. The lowest BCUT2D eigenvalue weighted by atomic mass is 10.00. The van der Waals surface area contributed by atoms with Gasteiger partial charge in [-0.05, 0) is 45.9 Å². The Morgan fingerprint density at radius 2 is 2.03 bits per heavy atom. The molecule has 0 saturated heterocycles. The van der Waals surface area contributed by atoms with E-state index in [1.54, 1.807) is 29.7 Å². The Morgan fingerprint density at radius 3 is 2.52 bits per heavy atom. The molecule has 2 aromatic rings. The Balaban J connectivity index is 2.16. The van der Waals surface area contributed by atoms with E-state index in [1.807, 2.05) is 39.0 Å². The van der Waals surface area contributed by atoms with Gasteiger partial charge in [0.05, 0.1) is 17.3 Å². The third-order valence-corrected chi connectivity index (χ3v) is 5.07. The first-order valence-corrected chi connectivity index (χ1v) is 10.5. The SMILES string of the molecule is C=C(C(=O)N(CC)[C@@H](C)COc1ccc(C(F)(F)F)cn1)/C(=C\C(C)=C/C)c1ccn(C)n1. The Morgan fingerprint density at radius 1 is 1.33 bits per heavy atom. The first-order valence-electron chi connectivity index (χ1n) is 10.5. The summed E-state index contributed by atoms with van der Waals surface area (Å²) >= 11 is 0. The summed E-state index contributed by atoms with van der Waals surface area (Å²) in [5.41, 5.74) is 1.64.